The zero-order chi connectivity index (χ0) is 30.7. The number of carbonyl (C=O) groups is 3. The van der Waals surface area contributed by atoms with Gasteiger partial charge in [-0.2, -0.15) is 0 Å². The van der Waals surface area contributed by atoms with Crippen molar-refractivity contribution in [1.82, 2.24) is 20.4 Å². The summed E-state index contributed by atoms with van der Waals surface area (Å²) in [6.45, 7) is 9.98. The Balaban J connectivity index is 0.00000154. The second-order valence-corrected chi connectivity index (χ2v) is 10.3. The topological polar surface area (TPSA) is 141 Å². The van der Waals surface area contributed by atoms with Crippen LogP contribution in [-0.2, 0) is 16.1 Å². The standard InChI is InChI=1S/C26H37N5O3.C4H3NO3.3ClH/c1-6-31-22-9-8-21(18-23(22)29(5)24(32)26(2,3)25(31)33)34-17-7-15-30(16-14-27-4)19-20-10-12-28-13-11-20;6-4(7)3-1-2-5-8-3;;;/h8-13,18,27H,6-7,14-17,19H2,1-5H3;1-2H,(H,6,7);3*1H. The minimum atomic E-state index is -1.11. The summed E-state index contributed by atoms with van der Waals surface area (Å²) >= 11 is 0. The van der Waals surface area contributed by atoms with E-state index in [-0.39, 0.29) is 54.8 Å². The second kappa shape index (κ2) is 19.9. The largest absolute Gasteiger partial charge is 0.493 e. The van der Waals surface area contributed by atoms with E-state index in [4.69, 9.17) is 9.84 Å². The van der Waals surface area contributed by atoms with Crippen molar-refractivity contribution >= 4 is 66.4 Å². The Morgan fingerprint density at radius 3 is 2.27 bits per heavy atom. The van der Waals surface area contributed by atoms with Gasteiger partial charge in [-0.15, -0.1) is 37.2 Å². The van der Waals surface area contributed by atoms with Crippen LogP contribution in [0.4, 0.5) is 11.4 Å². The Kier molecular flexibility index (Phi) is 18.3. The van der Waals surface area contributed by atoms with Crippen LogP contribution < -0.4 is 19.9 Å². The fourth-order valence-electron chi connectivity index (χ4n) is 4.56. The first-order chi connectivity index (χ1) is 20.1. The molecule has 2 N–H and O–H groups in total. The van der Waals surface area contributed by atoms with Gasteiger partial charge in [-0.1, -0.05) is 5.16 Å². The first-order valence-electron chi connectivity index (χ1n) is 13.9. The average molecular weight is 690 g/mol. The summed E-state index contributed by atoms with van der Waals surface area (Å²) in [5, 5.41) is 14.5. The number of amides is 2. The lowest BCUT2D eigenvalue weighted by molar-refractivity contribution is -0.137. The van der Waals surface area contributed by atoms with E-state index >= 15 is 0 Å². The zero-order valence-electron chi connectivity index (χ0n) is 26.1. The number of aromatic carboxylic acids is 1. The van der Waals surface area contributed by atoms with Gasteiger partial charge >= 0.3 is 5.97 Å². The van der Waals surface area contributed by atoms with E-state index < -0.39 is 11.4 Å². The van der Waals surface area contributed by atoms with Crippen LogP contribution in [0.15, 0.2) is 59.5 Å². The van der Waals surface area contributed by atoms with Gasteiger partial charge in [0.15, 0.2) is 0 Å². The zero-order valence-corrected chi connectivity index (χ0v) is 28.5. The number of hydrogen-bond donors (Lipinski definition) is 2. The molecule has 0 aliphatic carbocycles. The van der Waals surface area contributed by atoms with Crippen molar-refractivity contribution in [2.75, 3.05) is 56.7 Å². The minimum absolute atomic E-state index is 0. The molecule has 45 heavy (non-hydrogen) atoms. The lowest BCUT2D eigenvalue weighted by Gasteiger charge is -2.27. The maximum absolute atomic E-state index is 13.0. The number of aromatic nitrogens is 2. The van der Waals surface area contributed by atoms with Crippen LogP contribution in [0.2, 0.25) is 0 Å². The lowest BCUT2D eigenvalue weighted by Crippen LogP contribution is -2.47. The molecule has 0 bridgehead atoms. The third-order valence-electron chi connectivity index (χ3n) is 6.90. The van der Waals surface area contributed by atoms with E-state index in [1.165, 1.54) is 17.8 Å². The fourth-order valence-corrected chi connectivity index (χ4v) is 4.56. The Bertz CT molecular complexity index is 1330. The van der Waals surface area contributed by atoms with Crippen LogP contribution in [0.5, 0.6) is 5.75 Å². The van der Waals surface area contributed by atoms with Crippen LogP contribution in [0.25, 0.3) is 0 Å². The highest BCUT2D eigenvalue weighted by atomic mass is 35.5. The van der Waals surface area contributed by atoms with Gasteiger partial charge in [-0.3, -0.25) is 19.5 Å². The number of rotatable bonds is 12. The van der Waals surface area contributed by atoms with Crippen LogP contribution in [0.3, 0.4) is 0 Å². The van der Waals surface area contributed by atoms with E-state index in [1.807, 2.05) is 56.7 Å². The normalized spacial score (nSPS) is 13.3. The molecule has 0 saturated heterocycles. The number of ether oxygens (including phenoxy) is 1. The van der Waals surface area contributed by atoms with Crippen molar-refractivity contribution in [3.05, 3.63) is 66.3 Å². The van der Waals surface area contributed by atoms with Crippen molar-refractivity contribution in [3.63, 3.8) is 0 Å². The van der Waals surface area contributed by atoms with E-state index in [1.54, 1.807) is 30.7 Å². The first-order valence-corrected chi connectivity index (χ1v) is 13.9. The maximum Gasteiger partial charge on any atom is 0.374 e. The predicted octanol–water partition coefficient (Wildman–Crippen LogP) is 4.57. The number of hydrogen-bond acceptors (Lipinski definition) is 9. The molecule has 0 spiro atoms. The lowest BCUT2D eigenvalue weighted by atomic mass is 9.90. The maximum atomic E-state index is 13.0. The molecular weight excluding hydrogens is 647 g/mol. The summed E-state index contributed by atoms with van der Waals surface area (Å²) in [4.78, 5) is 45.7. The highest BCUT2D eigenvalue weighted by Gasteiger charge is 2.45. The van der Waals surface area contributed by atoms with Crippen molar-refractivity contribution in [1.29, 1.82) is 0 Å². The van der Waals surface area contributed by atoms with E-state index in [9.17, 15) is 14.4 Å². The average Bonchev–Trinajstić information content (AvgIpc) is 3.53. The molecule has 3 aromatic rings. The molecule has 0 radical (unpaired) electrons. The number of carbonyl (C=O) groups excluding carboxylic acids is 2. The summed E-state index contributed by atoms with van der Waals surface area (Å²) < 4.78 is 10.3. The number of benzene rings is 1. The number of pyridine rings is 1. The molecule has 12 nitrogen and oxygen atoms in total. The summed E-state index contributed by atoms with van der Waals surface area (Å²) in [6, 6.07) is 11.0. The summed E-state index contributed by atoms with van der Waals surface area (Å²) in [5.74, 6) is -0.941. The Morgan fingerprint density at radius 1 is 1.02 bits per heavy atom. The number of nitrogens with zero attached hydrogens (tertiary/aromatic N) is 5. The summed E-state index contributed by atoms with van der Waals surface area (Å²) in [7, 11) is 3.68. The van der Waals surface area contributed by atoms with Gasteiger partial charge in [0, 0.05) is 64.3 Å². The monoisotopic (exact) mass is 688 g/mol. The van der Waals surface area contributed by atoms with Gasteiger partial charge in [-0.25, -0.2) is 4.79 Å². The number of fused-ring (bicyclic) bond motifs is 1. The van der Waals surface area contributed by atoms with Gasteiger partial charge < -0.3 is 29.5 Å². The molecule has 1 aromatic carbocycles. The Labute approximate surface area is 282 Å². The summed E-state index contributed by atoms with van der Waals surface area (Å²) in [6.07, 6.45) is 5.79. The minimum Gasteiger partial charge on any atom is -0.493 e. The number of halogens is 3. The van der Waals surface area contributed by atoms with Gasteiger partial charge in [0.05, 0.1) is 24.2 Å². The van der Waals surface area contributed by atoms with Crippen LogP contribution in [0.1, 0.15) is 43.3 Å². The molecule has 15 heteroatoms. The smallest absolute Gasteiger partial charge is 0.374 e. The molecule has 0 saturated carbocycles. The van der Waals surface area contributed by atoms with Gasteiger partial charge in [0.25, 0.3) is 0 Å². The van der Waals surface area contributed by atoms with Gasteiger partial charge in [-0.05, 0) is 64.1 Å². The number of carboxylic acids is 1. The molecule has 4 rings (SSSR count). The fraction of sp³-hybridized carbons (Fsp3) is 0.433. The molecule has 2 aromatic heterocycles. The molecule has 1 aliphatic heterocycles. The van der Waals surface area contributed by atoms with Crippen molar-refractivity contribution < 1.29 is 28.8 Å². The molecule has 1 aliphatic rings. The van der Waals surface area contributed by atoms with E-state index in [0.29, 0.717) is 24.6 Å². The molecule has 0 atom stereocenters. The highest BCUT2D eigenvalue weighted by Crippen LogP contribution is 2.40. The first kappa shape index (κ1) is 41.6. The molecule has 0 fully saturated rings. The third-order valence-corrected chi connectivity index (χ3v) is 6.90. The predicted molar refractivity (Wildman–Crippen MR) is 180 cm³/mol. The molecular formula is C30H43Cl3N6O6. The van der Waals surface area contributed by atoms with Crippen LogP contribution in [-0.4, -0.2) is 84.8 Å². The van der Waals surface area contributed by atoms with E-state index in [2.05, 4.69) is 24.9 Å². The Morgan fingerprint density at radius 2 is 1.71 bits per heavy atom. The second-order valence-electron chi connectivity index (χ2n) is 10.3. The number of nitrogens with one attached hydrogen (secondary N) is 1. The quantitative estimate of drug-likeness (QED) is 0.205. The van der Waals surface area contributed by atoms with Crippen molar-refractivity contribution in [3.8, 4) is 5.75 Å². The van der Waals surface area contributed by atoms with Gasteiger partial charge in [0.2, 0.25) is 17.6 Å². The molecule has 3 heterocycles. The van der Waals surface area contributed by atoms with Crippen molar-refractivity contribution in [2.24, 2.45) is 5.41 Å². The van der Waals surface area contributed by atoms with Crippen LogP contribution >= 0.6 is 37.2 Å². The summed E-state index contributed by atoms with van der Waals surface area (Å²) in [5.41, 5.74) is 1.55. The van der Waals surface area contributed by atoms with Crippen molar-refractivity contribution in [2.45, 2.75) is 33.7 Å². The SMILES string of the molecule is CCN1C(=O)C(C)(C)C(=O)N(C)c2cc(OCCCN(CCNC)Cc3ccncc3)ccc21.Cl.Cl.Cl.O=C(O)c1ccno1. The third kappa shape index (κ3) is 11.2. The Hall–Kier alpha value is -3.42. The van der Waals surface area contributed by atoms with E-state index in [0.717, 1.165) is 38.3 Å². The van der Waals surface area contributed by atoms with Crippen LogP contribution in [0, 0.1) is 5.41 Å². The molecule has 250 valence electrons. The number of likely N-dealkylation sites (N-methyl/N-ethyl adjacent to an activating group) is 1. The highest BCUT2D eigenvalue weighted by molar-refractivity contribution is 6.20. The molecule has 0 unspecified atom stereocenters. The molecule has 2 amide bonds. The number of anilines is 2. The van der Waals surface area contributed by atoms with Gasteiger partial charge in [0.1, 0.15) is 11.2 Å². The number of carboxylic acid groups (broad SMARTS) is 1.